The van der Waals surface area contributed by atoms with Gasteiger partial charge in [-0.3, -0.25) is 9.69 Å². The van der Waals surface area contributed by atoms with E-state index in [9.17, 15) is 9.59 Å². The summed E-state index contributed by atoms with van der Waals surface area (Å²) >= 11 is 0. The Morgan fingerprint density at radius 2 is 2.07 bits per heavy atom. The van der Waals surface area contributed by atoms with Crippen molar-refractivity contribution in [2.24, 2.45) is 11.8 Å². The molecule has 8 nitrogen and oxygen atoms in total. The molecule has 3 aliphatic rings. The van der Waals surface area contributed by atoms with Crippen LogP contribution in [0.15, 0.2) is 0 Å². The second kappa shape index (κ2) is 9.52. The van der Waals surface area contributed by atoms with Crippen LogP contribution in [0.2, 0.25) is 0 Å². The molecular weight excluding hydrogens is 362 g/mol. The first-order chi connectivity index (χ1) is 13.5. The number of carbonyl (C=O) groups excluding carboxylic acids is 2. The molecule has 160 valence electrons. The molecule has 2 heterocycles. The maximum atomic E-state index is 13.3. The number of rotatable bonds is 6. The zero-order valence-corrected chi connectivity index (χ0v) is 17.4. The average Bonchev–Trinajstić information content (AvgIpc) is 3.12. The number of nitrogens with one attached hydrogen (secondary N) is 1. The summed E-state index contributed by atoms with van der Waals surface area (Å²) in [4.78, 5) is 29.4. The molecule has 3 atom stereocenters. The van der Waals surface area contributed by atoms with Crippen molar-refractivity contribution in [1.82, 2.24) is 15.1 Å². The summed E-state index contributed by atoms with van der Waals surface area (Å²) in [7, 11) is 3.72. The highest BCUT2D eigenvalue weighted by Crippen LogP contribution is 2.45. The molecule has 1 N–H and O–H groups in total. The molecule has 0 aromatic heterocycles. The summed E-state index contributed by atoms with van der Waals surface area (Å²) in [5.41, 5.74) is 0. The first-order valence-corrected chi connectivity index (χ1v) is 10.6. The molecule has 1 aliphatic carbocycles. The van der Waals surface area contributed by atoms with Gasteiger partial charge in [0.2, 0.25) is 5.91 Å². The molecule has 0 bridgehead atoms. The number of likely N-dealkylation sites (tertiary alicyclic amines) is 1. The molecule has 1 saturated carbocycles. The van der Waals surface area contributed by atoms with Gasteiger partial charge >= 0.3 is 6.03 Å². The quantitative estimate of drug-likeness (QED) is 0.684. The number of amides is 3. The van der Waals surface area contributed by atoms with E-state index in [1.807, 2.05) is 6.92 Å². The number of carbonyl (C=O) groups is 2. The van der Waals surface area contributed by atoms with Crippen molar-refractivity contribution in [3.8, 4) is 0 Å². The van der Waals surface area contributed by atoms with E-state index < -0.39 is 5.79 Å². The van der Waals surface area contributed by atoms with E-state index in [2.05, 4.69) is 17.3 Å². The molecule has 28 heavy (non-hydrogen) atoms. The fourth-order valence-electron chi connectivity index (χ4n) is 5.07. The Morgan fingerprint density at radius 1 is 1.32 bits per heavy atom. The molecule has 2 aliphatic heterocycles. The van der Waals surface area contributed by atoms with Crippen LogP contribution in [0, 0.1) is 11.8 Å². The summed E-state index contributed by atoms with van der Waals surface area (Å²) in [6.45, 7) is 5.25. The van der Waals surface area contributed by atoms with E-state index >= 15 is 0 Å². The van der Waals surface area contributed by atoms with Crippen LogP contribution in [0.25, 0.3) is 0 Å². The van der Waals surface area contributed by atoms with Gasteiger partial charge in [-0.2, -0.15) is 0 Å². The van der Waals surface area contributed by atoms with Crippen molar-refractivity contribution in [3.63, 3.8) is 0 Å². The van der Waals surface area contributed by atoms with E-state index in [1.165, 1.54) is 4.90 Å². The monoisotopic (exact) mass is 397 g/mol. The number of hydrogen-bond donors (Lipinski definition) is 1. The van der Waals surface area contributed by atoms with Crippen LogP contribution in [0.3, 0.4) is 0 Å². The Balaban J connectivity index is 1.68. The van der Waals surface area contributed by atoms with Crippen LogP contribution in [0.5, 0.6) is 0 Å². The minimum atomic E-state index is -0.454. The molecular formula is C20H35N3O5. The zero-order chi connectivity index (χ0) is 20.1. The standard InChI is InChI=1S/C20H35N3O5/c1-4-21-19(25)23(8-5-9-26-3)18(24)16-12-15-13-20(27-10-11-28-20)7-6-17(15)22(2)14-16/h15-17H,4-14H2,1-3H3,(H,21,25)/t15-,16-,17-/m1/s1. The first-order valence-electron chi connectivity index (χ1n) is 10.6. The Bertz CT molecular complexity index is 552. The number of urea groups is 1. The fourth-order valence-corrected chi connectivity index (χ4v) is 5.07. The second-order valence-electron chi connectivity index (χ2n) is 8.22. The van der Waals surface area contributed by atoms with Crippen LogP contribution in [0.1, 0.15) is 39.0 Å². The summed E-state index contributed by atoms with van der Waals surface area (Å²) in [6, 6.07) is 0.143. The van der Waals surface area contributed by atoms with E-state index in [0.717, 1.165) is 25.7 Å². The third-order valence-corrected chi connectivity index (χ3v) is 6.33. The molecule has 0 radical (unpaired) electrons. The van der Waals surface area contributed by atoms with Gasteiger partial charge in [0.1, 0.15) is 0 Å². The first kappa shape index (κ1) is 21.5. The van der Waals surface area contributed by atoms with Gasteiger partial charge in [0.15, 0.2) is 5.79 Å². The maximum Gasteiger partial charge on any atom is 0.324 e. The van der Waals surface area contributed by atoms with Gasteiger partial charge in [-0.25, -0.2) is 4.79 Å². The minimum absolute atomic E-state index is 0.0831. The maximum absolute atomic E-state index is 13.3. The zero-order valence-electron chi connectivity index (χ0n) is 17.4. The van der Waals surface area contributed by atoms with E-state index in [1.54, 1.807) is 7.11 Å². The van der Waals surface area contributed by atoms with Crippen molar-refractivity contribution in [2.75, 3.05) is 53.6 Å². The lowest BCUT2D eigenvalue weighted by Crippen LogP contribution is -2.57. The Labute approximate surface area is 167 Å². The highest BCUT2D eigenvalue weighted by atomic mass is 16.7. The summed E-state index contributed by atoms with van der Waals surface area (Å²) < 4.78 is 17.0. The third kappa shape index (κ3) is 4.67. The number of nitrogens with zero attached hydrogens (tertiary/aromatic N) is 2. The van der Waals surface area contributed by atoms with Gasteiger partial charge in [0.05, 0.1) is 19.1 Å². The molecule has 8 heteroatoms. The largest absolute Gasteiger partial charge is 0.385 e. The lowest BCUT2D eigenvalue weighted by atomic mass is 9.72. The van der Waals surface area contributed by atoms with E-state index in [-0.39, 0.29) is 17.9 Å². The number of methoxy groups -OCH3 is 1. The van der Waals surface area contributed by atoms with Crippen molar-refractivity contribution >= 4 is 11.9 Å². The Hall–Kier alpha value is -1.22. The highest BCUT2D eigenvalue weighted by Gasteiger charge is 2.49. The predicted octanol–water partition coefficient (Wildman–Crippen LogP) is 1.44. The summed E-state index contributed by atoms with van der Waals surface area (Å²) in [5.74, 6) is -0.382. The lowest BCUT2D eigenvalue weighted by Gasteiger charge is -2.49. The number of piperidine rings is 1. The number of fused-ring (bicyclic) bond motifs is 1. The van der Waals surface area contributed by atoms with Gasteiger partial charge < -0.3 is 24.4 Å². The number of ether oxygens (including phenoxy) is 3. The van der Waals surface area contributed by atoms with Gasteiger partial charge in [0, 0.05) is 52.2 Å². The topological polar surface area (TPSA) is 80.3 Å². The highest BCUT2D eigenvalue weighted by molar-refractivity contribution is 5.95. The molecule has 2 saturated heterocycles. The Morgan fingerprint density at radius 3 is 2.75 bits per heavy atom. The number of hydrogen-bond acceptors (Lipinski definition) is 6. The molecule has 0 aromatic rings. The normalized spacial score (nSPS) is 29.5. The van der Waals surface area contributed by atoms with Crippen LogP contribution >= 0.6 is 0 Å². The predicted molar refractivity (Wildman–Crippen MR) is 104 cm³/mol. The number of imide groups is 1. The second-order valence-corrected chi connectivity index (χ2v) is 8.22. The van der Waals surface area contributed by atoms with Crippen LogP contribution < -0.4 is 5.32 Å². The summed E-state index contributed by atoms with van der Waals surface area (Å²) in [6.07, 6.45) is 4.19. The van der Waals surface area contributed by atoms with Gasteiger partial charge in [0.25, 0.3) is 0 Å². The summed E-state index contributed by atoms with van der Waals surface area (Å²) in [5, 5.41) is 2.77. The van der Waals surface area contributed by atoms with E-state index in [0.29, 0.717) is 57.8 Å². The fraction of sp³-hybridized carbons (Fsp3) is 0.900. The van der Waals surface area contributed by atoms with Gasteiger partial charge in [-0.05, 0) is 39.2 Å². The van der Waals surface area contributed by atoms with Crippen LogP contribution in [-0.4, -0.2) is 87.2 Å². The van der Waals surface area contributed by atoms with Crippen molar-refractivity contribution < 1.29 is 23.8 Å². The SMILES string of the molecule is CCNC(=O)N(CCCOC)C(=O)[C@@H]1C[C@@H]2CC3(CC[C@H]2N(C)C1)OCCO3. The minimum Gasteiger partial charge on any atom is -0.385 e. The van der Waals surface area contributed by atoms with Crippen molar-refractivity contribution in [2.45, 2.75) is 50.9 Å². The molecule has 3 fully saturated rings. The smallest absolute Gasteiger partial charge is 0.324 e. The Kier molecular flexibility index (Phi) is 7.31. The molecule has 3 rings (SSSR count). The lowest BCUT2D eigenvalue weighted by molar-refractivity contribution is -0.202. The van der Waals surface area contributed by atoms with E-state index in [4.69, 9.17) is 14.2 Å². The van der Waals surface area contributed by atoms with Gasteiger partial charge in [-0.15, -0.1) is 0 Å². The van der Waals surface area contributed by atoms with Gasteiger partial charge in [-0.1, -0.05) is 0 Å². The van der Waals surface area contributed by atoms with Crippen molar-refractivity contribution in [1.29, 1.82) is 0 Å². The average molecular weight is 398 g/mol. The van der Waals surface area contributed by atoms with Crippen LogP contribution in [0.4, 0.5) is 4.79 Å². The van der Waals surface area contributed by atoms with Crippen LogP contribution in [-0.2, 0) is 19.0 Å². The third-order valence-electron chi connectivity index (χ3n) is 6.33. The molecule has 1 spiro atoms. The molecule has 0 aromatic carbocycles. The molecule has 0 unspecified atom stereocenters. The van der Waals surface area contributed by atoms with Crippen molar-refractivity contribution in [3.05, 3.63) is 0 Å². The molecule has 3 amide bonds.